The summed E-state index contributed by atoms with van der Waals surface area (Å²) >= 11 is 0. The minimum absolute atomic E-state index is 0.0620. The van der Waals surface area contributed by atoms with Gasteiger partial charge in [-0.25, -0.2) is 9.97 Å². The third-order valence-corrected chi connectivity index (χ3v) is 7.47. The Labute approximate surface area is 208 Å². The summed E-state index contributed by atoms with van der Waals surface area (Å²) in [7, 11) is 4.00. The number of piperazine rings is 1. The van der Waals surface area contributed by atoms with E-state index in [1.54, 1.807) is 18.1 Å². The molecule has 2 atom stereocenters. The van der Waals surface area contributed by atoms with E-state index >= 15 is 0 Å². The molecule has 0 spiro atoms. The molecule has 5 rings (SSSR count). The fourth-order valence-corrected chi connectivity index (χ4v) is 5.17. The molecule has 0 radical (unpaired) electrons. The van der Waals surface area contributed by atoms with E-state index in [0.29, 0.717) is 6.42 Å². The summed E-state index contributed by atoms with van der Waals surface area (Å²) in [5, 5.41) is 3.46. The van der Waals surface area contributed by atoms with Crippen LogP contribution in [-0.4, -0.2) is 96.4 Å². The van der Waals surface area contributed by atoms with Crippen LogP contribution in [0.25, 0.3) is 0 Å². The van der Waals surface area contributed by atoms with Crippen LogP contribution in [0, 0.1) is 0 Å². The van der Waals surface area contributed by atoms with Crippen molar-refractivity contribution in [1.82, 2.24) is 30.0 Å². The molecule has 0 saturated carbocycles. The van der Waals surface area contributed by atoms with Crippen LogP contribution in [0.1, 0.15) is 36.6 Å². The van der Waals surface area contributed by atoms with E-state index in [4.69, 9.17) is 4.74 Å². The summed E-state index contributed by atoms with van der Waals surface area (Å²) in [6, 6.07) is 10.7. The molecule has 0 aliphatic carbocycles. The molecular weight excluding hydrogens is 442 g/mol. The smallest absolute Gasteiger partial charge is 0.227 e. The van der Waals surface area contributed by atoms with E-state index in [1.807, 2.05) is 6.07 Å². The second-order valence-corrected chi connectivity index (χ2v) is 9.99. The number of carbonyl (C=O) groups excluding carboxylic acids is 1. The number of ether oxygens (including phenoxy) is 1. The Bertz CT molecular complexity index is 975. The van der Waals surface area contributed by atoms with Gasteiger partial charge in [-0.05, 0) is 43.7 Å². The number of nitrogens with one attached hydrogen (secondary N) is 1. The second kappa shape index (κ2) is 11.0. The Morgan fingerprint density at radius 2 is 1.86 bits per heavy atom. The highest BCUT2D eigenvalue weighted by atomic mass is 16.5. The molecule has 2 aromatic rings. The van der Waals surface area contributed by atoms with Crippen molar-refractivity contribution in [2.24, 2.45) is 0 Å². The van der Waals surface area contributed by atoms with Crippen LogP contribution >= 0.6 is 0 Å². The van der Waals surface area contributed by atoms with Crippen LogP contribution in [-0.2, 0) is 16.1 Å². The molecule has 3 aliphatic rings. The number of rotatable bonds is 6. The molecule has 3 saturated heterocycles. The second-order valence-electron chi connectivity index (χ2n) is 9.99. The maximum absolute atomic E-state index is 12.6. The van der Waals surface area contributed by atoms with Crippen LogP contribution < -0.4 is 10.2 Å². The lowest BCUT2D eigenvalue weighted by molar-refractivity contribution is -0.167. The first-order chi connectivity index (χ1) is 17.0. The number of benzene rings is 1. The van der Waals surface area contributed by atoms with Crippen molar-refractivity contribution in [2.45, 2.75) is 44.3 Å². The number of hydrogen-bond donors (Lipinski definition) is 1. The van der Waals surface area contributed by atoms with Gasteiger partial charge in [-0.2, -0.15) is 0 Å². The molecule has 9 nitrogen and oxygen atoms in total. The Kier molecular flexibility index (Phi) is 7.57. The molecule has 3 fully saturated rings. The number of anilines is 1. The predicted octanol–water partition coefficient (Wildman–Crippen LogP) is 1.69. The number of carbonyl (C=O) groups is 1. The highest BCUT2D eigenvalue weighted by molar-refractivity contribution is 5.77. The van der Waals surface area contributed by atoms with E-state index in [1.165, 1.54) is 17.6 Å². The summed E-state index contributed by atoms with van der Waals surface area (Å²) < 4.78 is 6.40. The van der Waals surface area contributed by atoms with Crippen LogP contribution in [0.3, 0.4) is 0 Å². The van der Waals surface area contributed by atoms with Crippen molar-refractivity contribution in [1.29, 1.82) is 0 Å². The minimum Gasteiger partial charge on any atom is -0.371 e. The minimum atomic E-state index is -0.445. The van der Waals surface area contributed by atoms with Gasteiger partial charge in [-0.3, -0.25) is 15.0 Å². The van der Waals surface area contributed by atoms with Gasteiger partial charge in [0.25, 0.3) is 0 Å². The molecule has 1 aromatic heterocycles. The van der Waals surface area contributed by atoms with Crippen molar-refractivity contribution in [2.75, 3.05) is 58.3 Å². The maximum Gasteiger partial charge on any atom is 0.227 e. The SMILES string of the molecule is CN1CCN(Cc2cccc(N3CCC(OC4NC(c5ccncn5)CC(=O)N4C)CC3)c2)CC1. The molecule has 35 heavy (non-hydrogen) atoms. The molecule has 1 amide bonds. The number of amides is 1. The van der Waals surface area contributed by atoms with E-state index < -0.39 is 6.35 Å². The zero-order valence-corrected chi connectivity index (χ0v) is 20.8. The van der Waals surface area contributed by atoms with Gasteiger partial charge in [0, 0.05) is 71.2 Å². The molecule has 3 aliphatic heterocycles. The van der Waals surface area contributed by atoms with Gasteiger partial charge in [0.1, 0.15) is 6.33 Å². The normalized spacial score (nSPS) is 25.3. The highest BCUT2D eigenvalue weighted by Crippen LogP contribution is 2.27. The third kappa shape index (κ3) is 5.98. The molecule has 1 aromatic carbocycles. The summed E-state index contributed by atoms with van der Waals surface area (Å²) in [6.45, 7) is 7.46. The molecule has 1 N–H and O–H groups in total. The van der Waals surface area contributed by atoms with Crippen LogP contribution in [0.4, 0.5) is 5.69 Å². The lowest BCUT2D eigenvalue weighted by atomic mass is 10.1. The molecule has 188 valence electrons. The van der Waals surface area contributed by atoms with Crippen LogP contribution in [0.2, 0.25) is 0 Å². The van der Waals surface area contributed by atoms with Crippen molar-refractivity contribution >= 4 is 11.6 Å². The Balaban J connectivity index is 1.14. The van der Waals surface area contributed by atoms with E-state index in [2.05, 4.69) is 61.3 Å². The summed E-state index contributed by atoms with van der Waals surface area (Å²) in [5.41, 5.74) is 3.50. The molecule has 4 heterocycles. The predicted molar refractivity (Wildman–Crippen MR) is 135 cm³/mol. The fraction of sp³-hybridized carbons (Fsp3) is 0.577. The Morgan fingerprint density at radius 1 is 1.06 bits per heavy atom. The van der Waals surface area contributed by atoms with Gasteiger partial charge in [-0.15, -0.1) is 0 Å². The first-order valence-corrected chi connectivity index (χ1v) is 12.7. The zero-order valence-electron chi connectivity index (χ0n) is 20.8. The lowest BCUT2D eigenvalue weighted by Crippen LogP contribution is -2.56. The van der Waals surface area contributed by atoms with Crippen LogP contribution in [0.5, 0.6) is 0 Å². The first-order valence-electron chi connectivity index (χ1n) is 12.7. The summed E-state index contributed by atoms with van der Waals surface area (Å²) in [5.74, 6) is 0.0620. The number of likely N-dealkylation sites (N-methyl/N-ethyl adjacent to an activating group) is 1. The summed E-state index contributed by atoms with van der Waals surface area (Å²) in [6.07, 6.45) is 5.12. The van der Waals surface area contributed by atoms with Gasteiger partial charge in [0.15, 0.2) is 6.35 Å². The van der Waals surface area contributed by atoms with Gasteiger partial charge in [0.05, 0.1) is 17.8 Å². The Morgan fingerprint density at radius 3 is 2.60 bits per heavy atom. The third-order valence-electron chi connectivity index (χ3n) is 7.47. The monoisotopic (exact) mass is 479 g/mol. The average Bonchev–Trinajstić information content (AvgIpc) is 2.89. The van der Waals surface area contributed by atoms with Crippen molar-refractivity contribution in [3.8, 4) is 0 Å². The maximum atomic E-state index is 12.6. The quantitative estimate of drug-likeness (QED) is 0.671. The average molecular weight is 480 g/mol. The van der Waals surface area contributed by atoms with Gasteiger partial charge >= 0.3 is 0 Å². The lowest BCUT2D eigenvalue weighted by Gasteiger charge is -2.41. The fourth-order valence-electron chi connectivity index (χ4n) is 5.17. The molecule has 9 heteroatoms. The van der Waals surface area contributed by atoms with E-state index in [-0.39, 0.29) is 18.1 Å². The number of hydrogen-bond acceptors (Lipinski definition) is 8. The highest BCUT2D eigenvalue weighted by Gasteiger charge is 2.35. The Hall–Kier alpha value is -2.59. The molecule has 0 bridgehead atoms. The van der Waals surface area contributed by atoms with Gasteiger partial charge in [0.2, 0.25) is 5.91 Å². The standard InChI is InChI=1S/C26H37N7O2/c1-30-12-14-32(15-13-30)18-20-4-3-5-21(16-20)33-10-7-22(8-11-33)35-26-29-24(17-25(34)31(26)2)23-6-9-27-19-28-23/h3-6,9,16,19,22,24,26,29H,7-8,10-15,17-18H2,1-2H3. The van der Waals surface area contributed by atoms with E-state index in [9.17, 15) is 4.79 Å². The van der Waals surface area contributed by atoms with Crippen LogP contribution in [0.15, 0.2) is 42.9 Å². The largest absolute Gasteiger partial charge is 0.371 e. The van der Waals surface area contributed by atoms with Gasteiger partial charge in [-0.1, -0.05) is 12.1 Å². The zero-order chi connectivity index (χ0) is 24.2. The van der Waals surface area contributed by atoms with Gasteiger partial charge < -0.3 is 19.4 Å². The van der Waals surface area contributed by atoms with Crippen molar-refractivity contribution in [3.63, 3.8) is 0 Å². The topological polar surface area (TPSA) is 77.1 Å². The van der Waals surface area contributed by atoms with Crippen molar-refractivity contribution < 1.29 is 9.53 Å². The molecular formula is C26H37N7O2. The number of aromatic nitrogens is 2. The number of nitrogens with zero attached hydrogens (tertiary/aromatic N) is 6. The van der Waals surface area contributed by atoms with Crippen molar-refractivity contribution in [3.05, 3.63) is 54.1 Å². The first kappa shape index (κ1) is 24.1. The summed E-state index contributed by atoms with van der Waals surface area (Å²) in [4.78, 5) is 30.0. The molecule has 2 unspecified atom stereocenters. The van der Waals surface area contributed by atoms with E-state index in [0.717, 1.165) is 64.3 Å². The number of piperidine rings is 1.